The molecule has 0 amide bonds. The summed E-state index contributed by atoms with van der Waals surface area (Å²) in [5.74, 6) is 0.718. The Balaban J connectivity index is 2.79. The number of aliphatic hydroxyl groups is 1. The number of halogens is 1. The maximum Gasteiger partial charge on any atom is 0.137 e. The molecule has 0 heterocycles. The van der Waals surface area contributed by atoms with Crippen molar-refractivity contribution in [1.29, 1.82) is 0 Å². The van der Waals surface area contributed by atoms with Crippen LogP contribution >= 0.6 is 11.6 Å². The zero-order valence-electron chi connectivity index (χ0n) is 10.4. The Morgan fingerprint density at radius 1 is 1.47 bits per heavy atom. The average molecular weight is 258 g/mol. The summed E-state index contributed by atoms with van der Waals surface area (Å²) in [4.78, 5) is 0. The topological polar surface area (TPSA) is 41.5 Å². The minimum absolute atomic E-state index is 0.211. The molecule has 17 heavy (non-hydrogen) atoms. The van der Waals surface area contributed by atoms with Gasteiger partial charge in [0.25, 0.3) is 0 Å². The van der Waals surface area contributed by atoms with E-state index in [1.807, 2.05) is 32.2 Å². The second-order valence-corrected chi connectivity index (χ2v) is 4.24. The lowest BCUT2D eigenvalue weighted by molar-refractivity contribution is 0.276. The maximum absolute atomic E-state index is 8.85. The van der Waals surface area contributed by atoms with Gasteiger partial charge in [0.05, 0.1) is 11.6 Å². The summed E-state index contributed by atoms with van der Waals surface area (Å²) in [6.45, 7) is 2.75. The first-order valence-electron chi connectivity index (χ1n) is 5.93. The summed E-state index contributed by atoms with van der Waals surface area (Å²) < 4.78 is 5.39. The van der Waals surface area contributed by atoms with Crippen LogP contribution in [0, 0.1) is 0 Å². The summed E-state index contributed by atoms with van der Waals surface area (Å²) >= 11 is 6.14. The van der Waals surface area contributed by atoms with Gasteiger partial charge in [-0.15, -0.1) is 0 Å². The smallest absolute Gasteiger partial charge is 0.137 e. The van der Waals surface area contributed by atoms with Crippen LogP contribution in [0.5, 0.6) is 5.75 Å². The van der Waals surface area contributed by atoms with Gasteiger partial charge in [-0.25, -0.2) is 0 Å². The molecule has 0 radical (unpaired) electrons. The molecule has 1 aromatic rings. The lowest BCUT2D eigenvalue weighted by atomic mass is 10.0. The average Bonchev–Trinajstić information content (AvgIpc) is 2.33. The van der Waals surface area contributed by atoms with E-state index in [-0.39, 0.29) is 12.6 Å². The lowest BCUT2D eigenvalue weighted by Gasteiger charge is -2.17. The van der Waals surface area contributed by atoms with Gasteiger partial charge >= 0.3 is 0 Å². The molecule has 1 aromatic carbocycles. The van der Waals surface area contributed by atoms with Crippen molar-refractivity contribution in [1.82, 2.24) is 5.32 Å². The zero-order chi connectivity index (χ0) is 12.7. The van der Waals surface area contributed by atoms with Gasteiger partial charge < -0.3 is 15.2 Å². The van der Waals surface area contributed by atoms with Crippen LogP contribution in [0.2, 0.25) is 5.02 Å². The number of hydrogen-bond acceptors (Lipinski definition) is 3. The van der Waals surface area contributed by atoms with Crippen LogP contribution in [-0.2, 0) is 0 Å². The fourth-order valence-electron chi connectivity index (χ4n) is 1.78. The van der Waals surface area contributed by atoms with Gasteiger partial charge in [-0.3, -0.25) is 0 Å². The molecule has 0 aromatic heterocycles. The van der Waals surface area contributed by atoms with E-state index in [0.29, 0.717) is 11.6 Å². The summed E-state index contributed by atoms with van der Waals surface area (Å²) in [7, 11) is 1.91. The molecule has 1 unspecified atom stereocenters. The molecule has 4 heteroatoms. The van der Waals surface area contributed by atoms with Crippen LogP contribution in [0.15, 0.2) is 18.2 Å². The first-order valence-corrected chi connectivity index (χ1v) is 6.31. The fourth-order valence-corrected chi connectivity index (χ4v) is 2.02. The monoisotopic (exact) mass is 257 g/mol. The highest BCUT2D eigenvalue weighted by atomic mass is 35.5. The van der Waals surface area contributed by atoms with Crippen molar-refractivity contribution in [2.75, 3.05) is 20.3 Å². The van der Waals surface area contributed by atoms with E-state index in [9.17, 15) is 0 Å². The third kappa shape index (κ3) is 4.19. The van der Waals surface area contributed by atoms with Crippen molar-refractivity contribution >= 4 is 11.6 Å². The summed E-state index contributed by atoms with van der Waals surface area (Å²) in [6, 6.07) is 6.04. The molecular weight excluding hydrogens is 238 g/mol. The highest BCUT2D eigenvalue weighted by molar-refractivity contribution is 6.32. The van der Waals surface area contributed by atoms with Gasteiger partial charge in [0.2, 0.25) is 0 Å². The van der Waals surface area contributed by atoms with Crippen LogP contribution in [0.3, 0.4) is 0 Å². The molecule has 0 bridgehead atoms. The third-order valence-electron chi connectivity index (χ3n) is 2.66. The van der Waals surface area contributed by atoms with E-state index in [0.717, 1.165) is 24.2 Å². The van der Waals surface area contributed by atoms with Crippen LogP contribution in [0.4, 0.5) is 0 Å². The van der Waals surface area contributed by atoms with Gasteiger partial charge in [0, 0.05) is 12.6 Å². The molecule has 1 rings (SSSR count). The summed E-state index contributed by atoms with van der Waals surface area (Å²) in [5, 5.41) is 12.7. The van der Waals surface area contributed by atoms with E-state index < -0.39 is 0 Å². The van der Waals surface area contributed by atoms with Gasteiger partial charge in [-0.2, -0.15) is 0 Å². The molecule has 2 N–H and O–H groups in total. The minimum atomic E-state index is 0.211. The van der Waals surface area contributed by atoms with Gasteiger partial charge in [0.1, 0.15) is 5.75 Å². The molecule has 0 saturated carbocycles. The number of nitrogens with one attached hydrogen (secondary N) is 1. The Morgan fingerprint density at radius 3 is 2.76 bits per heavy atom. The predicted octanol–water partition coefficient (Wildman–Crippen LogP) is 2.77. The number of hydrogen-bond donors (Lipinski definition) is 2. The number of rotatable bonds is 7. The highest BCUT2D eigenvalue weighted by Gasteiger charge is 2.11. The number of benzene rings is 1. The molecule has 0 aliphatic heterocycles. The van der Waals surface area contributed by atoms with Gasteiger partial charge in [0.15, 0.2) is 0 Å². The summed E-state index contributed by atoms with van der Waals surface area (Å²) in [6.07, 6.45) is 1.66. The Morgan fingerprint density at radius 2 is 2.24 bits per heavy atom. The molecule has 0 aliphatic rings. The van der Waals surface area contributed by atoms with Crippen molar-refractivity contribution in [2.24, 2.45) is 0 Å². The number of ether oxygens (including phenoxy) is 1. The summed E-state index contributed by atoms with van der Waals surface area (Å²) in [5.41, 5.74) is 1.12. The Labute approximate surface area is 108 Å². The highest BCUT2D eigenvalue weighted by Crippen LogP contribution is 2.29. The number of aliphatic hydroxyl groups excluding tert-OH is 1. The normalized spacial score (nSPS) is 12.5. The van der Waals surface area contributed by atoms with Crippen LogP contribution in [0.1, 0.15) is 31.4 Å². The van der Waals surface area contributed by atoms with Gasteiger partial charge in [-0.1, -0.05) is 17.7 Å². The van der Waals surface area contributed by atoms with E-state index in [1.54, 1.807) is 0 Å². The SMILES string of the molecule is CCOc1ccc(C(CCCO)NC)cc1Cl. The largest absolute Gasteiger partial charge is 0.492 e. The zero-order valence-corrected chi connectivity index (χ0v) is 11.1. The molecule has 3 nitrogen and oxygen atoms in total. The first kappa shape index (κ1) is 14.3. The molecule has 0 aliphatic carbocycles. The van der Waals surface area contributed by atoms with Crippen molar-refractivity contribution in [3.05, 3.63) is 28.8 Å². The Kier molecular flexibility index (Phi) is 6.34. The second-order valence-electron chi connectivity index (χ2n) is 3.83. The maximum atomic E-state index is 8.85. The van der Waals surface area contributed by atoms with E-state index in [1.165, 1.54) is 0 Å². The fraction of sp³-hybridized carbons (Fsp3) is 0.538. The van der Waals surface area contributed by atoms with Gasteiger partial charge in [-0.05, 0) is 44.5 Å². The van der Waals surface area contributed by atoms with Crippen molar-refractivity contribution in [2.45, 2.75) is 25.8 Å². The first-order chi connectivity index (χ1) is 8.22. The van der Waals surface area contributed by atoms with Crippen LogP contribution in [-0.4, -0.2) is 25.4 Å². The lowest BCUT2D eigenvalue weighted by Crippen LogP contribution is -2.16. The molecule has 0 saturated heterocycles. The molecule has 1 atom stereocenters. The van der Waals surface area contributed by atoms with Crippen molar-refractivity contribution < 1.29 is 9.84 Å². The molecule has 96 valence electrons. The van der Waals surface area contributed by atoms with E-state index >= 15 is 0 Å². The molecule has 0 spiro atoms. The van der Waals surface area contributed by atoms with Crippen LogP contribution in [0.25, 0.3) is 0 Å². The van der Waals surface area contributed by atoms with Crippen LogP contribution < -0.4 is 10.1 Å². The van der Waals surface area contributed by atoms with E-state index in [4.69, 9.17) is 21.4 Å². The van der Waals surface area contributed by atoms with E-state index in [2.05, 4.69) is 5.32 Å². The predicted molar refractivity (Wildman–Crippen MR) is 70.7 cm³/mol. The molecular formula is C13H20ClNO2. The Bertz CT molecular complexity index is 344. The standard InChI is InChI=1S/C13H20ClNO2/c1-3-17-13-7-6-10(9-11(13)14)12(15-2)5-4-8-16/h6-7,9,12,15-16H,3-5,8H2,1-2H3. The quantitative estimate of drug-likeness (QED) is 0.789. The van der Waals surface area contributed by atoms with Crippen molar-refractivity contribution in [3.8, 4) is 5.75 Å². The third-order valence-corrected chi connectivity index (χ3v) is 2.95. The Hall–Kier alpha value is -0.770. The van der Waals surface area contributed by atoms with Crippen molar-refractivity contribution in [3.63, 3.8) is 0 Å². The molecule has 0 fully saturated rings. The second kappa shape index (κ2) is 7.54. The minimum Gasteiger partial charge on any atom is -0.492 e.